The first-order valence-electron chi connectivity index (χ1n) is 5.75. The summed E-state index contributed by atoms with van der Waals surface area (Å²) in [5.74, 6) is -2.68. The van der Waals surface area contributed by atoms with E-state index in [0.29, 0.717) is 0 Å². The summed E-state index contributed by atoms with van der Waals surface area (Å²) in [4.78, 5) is 32.9. The summed E-state index contributed by atoms with van der Waals surface area (Å²) < 4.78 is 9.66. The summed E-state index contributed by atoms with van der Waals surface area (Å²) in [5.41, 5.74) is -0.198. The molecule has 0 amide bonds. The van der Waals surface area contributed by atoms with Gasteiger partial charge in [0.15, 0.2) is 6.61 Å². The number of esters is 2. The lowest BCUT2D eigenvalue weighted by atomic mass is 10.2. The van der Waals surface area contributed by atoms with E-state index in [2.05, 4.69) is 11.3 Å². The Balaban J connectivity index is 2.22. The van der Waals surface area contributed by atoms with Crippen LogP contribution in [0, 0.1) is 0 Å². The molecule has 0 spiro atoms. The van der Waals surface area contributed by atoms with Gasteiger partial charge in [-0.15, -0.1) is 0 Å². The zero-order chi connectivity index (χ0) is 13.5. The third kappa shape index (κ3) is 4.99. The molecule has 0 bridgehead atoms. The molecule has 1 rings (SSSR count). The van der Waals surface area contributed by atoms with E-state index in [4.69, 9.17) is 9.84 Å². The number of rotatable bonds is 6. The first-order chi connectivity index (χ1) is 8.49. The van der Waals surface area contributed by atoms with Crippen molar-refractivity contribution < 1.29 is 29.0 Å². The van der Waals surface area contributed by atoms with Gasteiger partial charge in [0.25, 0.3) is 0 Å². The van der Waals surface area contributed by atoms with Crippen LogP contribution in [0.5, 0.6) is 0 Å². The normalized spacial score (nSPS) is 15.1. The van der Waals surface area contributed by atoms with Gasteiger partial charge >= 0.3 is 17.9 Å². The zero-order valence-corrected chi connectivity index (χ0v) is 10.0. The fourth-order valence-corrected chi connectivity index (χ4v) is 1.71. The van der Waals surface area contributed by atoms with E-state index in [1.165, 1.54) is 0 Å². The van der Waals surface area contributed by atoms with E-state index >= 15 is 0 Å². The molecule has 0 aromatic carbocycles. The van der Waals surface area contributed by atoms with Crippen LogP contribution in [0.2, 0.25) is 0 Å². The number of aliphatic carboxylic acids is 1. The van der Waals surface area contributed by atoms with Gasteiger partial charge in [0.05, 0.1) is 6.42 Å². The summed E-state index contributed by atoms with van der Waals surface area (Å²) in [7, 11) is 0. The van der Waals surface area contributed by atoms with Crippen LogP contribution in [0.1, 0.15) is 32.1 Å². The summed E-state index contributed by atoms with van der Waals surface area (Å²) in [6.07, 6.45) is 3.16. The van der Waals surface area contributed by atoms with Crippen LogP contribution in [0.25, 0.3) is 0 Å². The van der Waals surface area contributed by atoms with Crippen molar-refractivity contribution in [2.75, 3.05) is 6.61 Å². The highest BCUT2D eigenvalue weighted by Gasteiger charge is 2.20. The van der Waals surface area contributed by atoms with Gasteiger partial charge in [0.2, 0.25) is 0 Å². The van der Waals surface area contributed by atoms with Crippen molar-refractivity contribution in [1.82, 2.24) is 0 Å². The minimum atomic E-state index is -1.18. The second kappa shape index (κ2) is 6.78. The van der Waals surface area contributed by atoms with E-state index in [9.17, 15) is 14.4 Å². The summed E-state index contributed by atoms with van der Waals surface area (Å²) in [6, 6.07) is 0. The first kappa shape index (κ1) is 14.2. The van der Waals surface area contributed by atoms with Crippen molar-refractivity contribution >= 4 is 17.9 Å². The summed E-state index contributed by atoms with van der Waals surface area (Å²) in [6.45, 7) is 2.76. The van der Waals surface area contributed by atoms with Crippen molar-refractivity contribution in [2.24, 2.45) is 0 Å². The molecule has 100 valence electrons. The Kier molecular flexibility index (Phi) is 5.35. The largest absolute Gasteiger partial charge is 0.481 e. The lowest BCUT2D eigenvalue weighted by Gasteiger charge is -2.11. The Morgan fingerprint density at radius 3 is 2.39 bits per heavy atom. The Hall–Kier alpha value is -1.85. The van der Waals surface area contributed by atoms with E-state index < -0.39 is 30.9 Å². The maximum absolute atomic E-state index is 11.3. The molecule has 0 saturated heterocycles. The highest BCUT2D eigenvalue weighted by Crippen LogP contribution is 2.20. The van der Waals surface area contributed by atoms with Crippen LogP contribution in [-0.2, 0) is 23.9 Å². The molecular weight excluding hydrogens is 240 g/mol. The summed E-state index contributed by atoms with van der Waals surface area (Å²) >= 11 is 0. The van der Waals surface area contributed by atoms with E-state index in [0.717, 1.165) is 25.7 Å². The van der Waals surface area contributed by atoms with E-state index in [1.54, 1.807) is 0 Å². The quantitative estimate of drug-likeness (QED) is 0.564. The average molecular weight is 256 g/mol. The van der Waals surface area contributed by atoms with Gasteiger partial charge in [-0.2, -0.15) is 0 Å². The van der Waals surface area contributed by atoms with Crippen molar-refractivity contribution in [1.29, 1.82) is 0 Å². The maximum Gasteiger partial charge on any atom is 0.344 e. The predicted octanol–water partition coefficient (Wildman–Crippen LogP) is 1.05. The molecule has 1 aliphatic carbocycles. The predicted molar refractivity (Wildman–Crippen MR) is 60.7 cm³/mol. The van der Waals surface area contributed by atoms with Gasteiger partial charge in [-0.3, -0.25) is 4.79 Å². The minimum Gasteiger partial charge on any atom is -0.481 e. The van der Waals surface area contributed by atoms with Crippen molar-refractivity contribution in [3.63, 3.8) is 0 Å². The molecule has 0 aromatic heterocycles. The average Bonchev–Trinajstić information content (AvgIpc) is 2.77. The maximum atomic E-state index is 11.3. The molecule has 1 saturated carbocycles. The summed E-state index contributed by atoms with van der Waals surface area (Å²) in [5, 5.41) is 8.44. The Bertz CT molecular complexity index is 354. The Labute approximate surface area is 105 Å². The third-order valence-corrected chi connectivity index (χ3v) is 2.57. The topological polar surface area (TPSA) is 89.9 Å². The van der Waals surface area contributed by atoms with Crippen molar-refractivity contribution in [3.8, 4) is 0 Å². The van der Waals surface area contributed by atoms with Gasteiger partial charge in [-0.25, -0.2) is 9.59 Å². The SMILES string of the molecule is C=C(CC(=O)O)C(=O)OCC(=O)OC1CCCC1. The van der Waals surface area contributed by atoms with Gasteiger partial charge in [-0.1, -0.05) is 6.58 Å². The van der Waals surface area contributed by atoms with Gasteiger partial charge in [-0.05, 0) is 25.7 Å². The molecule has 6 heteroatoms. The van der Waals surface area contributed by atoms with Gasteiger partial charge in [0, 0.05) is 5.57 Å². The molecular formula is C12H16O6. The highest BCUT2D eigenvalue weighted by atomic mass is 16.6. The minimum absolute atomic E-state index is 0.0848. The number of hydrogen-bond acceptors (Lipinski definition) is 5. The van der Waals surface area contributed by atoms with E-state index in [-0.39, 0.29) is 11.7 Å². The standard InChI is InChI=1S/C12H16O6/c1-8(6-10(13)14)12(16)17-7-11(15)18-9-4-2-3-5-9/h9H,1-7H2,(H,13,14). The molecule has 0 atom stereocenters. The number of carboxylic acid groups (broad SMARTS) is 1. The second-order valence-electron chi connectivity index (χ2n) is 4.15. The number of hydrogen-bond donors (Lipinski definition) is 1. The Morgan fingerprint density at radius 2 is 1.83 bits per heavy atom. The molecule has 1 fully saturated rings. The first-order valence-corrected chi connectivity index (χ1v) is 5.75. The van der Waals surface area contributed by atoms with Crippen molar-refractivity contribution in [3.05, 3.63) is 12.2 Å². The molecule has 0 unspecified atom stereocenters. The third-order valence-electron chi connectivity index (χ3n) is 2.57. The molecule has 1 aliphatic rings. The molecule has 18 heavy (non-hydrogen) atoms. The lowest BCUT2D eigenvalue weighted by molar-refractivity contribution is -0.160. The van der Waals surface area contributed by atoms with Gasteiger partial charge in [0.1, 0.15) is 6.10 Å². The fourth-order valence-electron chi connectivity index (χ4n) is 1.71. The molecule has 1 N–H and O–H groups in total. The zero-order valence-electron chi connectivity index (χ0n) is 10.0. The Morgan fingerprint density at radius 1 is 1.22 bits per heavy atom. The van der Waals surface area contributed by atoms with Crippen LogP contribution in [0.4, 0.5) is 0 Å². The number of carboxylic acids is 1. The van der Waals surface area contributed by atoms with E-state index in [1.807, 2.05) is 0 Å². The van der Waals surface area contributed by atoms with Crippen LogP contribution < -0.4 is 0 Å². The van der Waals surface area contributed by atoms with Crippen LogP contribution >= 0.6 is 0 Å². The highest BCUT2D eigenvalue weighted by molar-refractivity contribution is 5.93. The smallest absolute Gasteiger partial charge is 0.344 e. The van der Waals surface area contributed by atoms with Crippen molar-refractivity contribution in [2.45, 2.75) is 38.2 Å². The number of carbonyl (C=O) groups excluding carboxylic acids is 2. The number of ether oxygens (including phenoxy) is 2. The molecule has 0 radical (unpaired) electrons. The number of carbonyl (C=O) groups is 3. The van der Waals surface area contributed by atoms with Gasteiger partial charge < -0.3 is 14.6 Å². The molecule has 6 nitrogen and oxygen atoms in total. The van der Waals surface area contributed by atoms with Crippen LogP contribution in [-0.4, -0.2) is 35.7 Å². The lowest BCUT2D eigenvalue weighted by Crippen LogP contribution is -2.22. The second-order valence-corrected chi connectivity index (χ2v) is 4.15. The van der Waals surface area contributed by atoms with Crippen LogP contribution in [0.15, 0.2) is 12.2 Å². The molecule has 0 aliphatic heterocycles. The molecule has 0 heterocycles. The fraction of sp³-hybridized carbons (Fsp3) is 0.583. The molecule has 0 aromatic rings. The monoisotopic (exact) mass is 256 g/mol. The van der Waals surface area contributed by atoms with Crippen LogP contribution in [0.3, 0.4) is 0 Å².